The van der Waals surface area contributed by atoms with Crippen LogP contribution in [0.4, 0.5) is 0 Å². The van der Waals surface area contributed by atoms with Crippen LogP contribution in [0.25, 0.3) is 0 Å². The molecular weight excluding hydrogens is 212 g/mol. The minimum Gasteiger partial charge on any atom is -0.486 e. The monoisotopic (exact) mass is 222 g/mol. The fourth-order valence-electron chi connectivity index (χ4n) is 1.33. The number of halogens is 1. The molecule has 1 aliphatic heterocycles. The Hall–Kier alpha value is -1.33. The summed E-state index contributed by atoms with van der Waals surface area (Å²) in [7, 11) is 0. The maximum absolute atomic E-state index is 5.54. The van der Waals surface area contributed by atoms with Crippen LogP contribution in [0, 0.1) is 11.8 Å². The first-order valence-corrected chi connectivity index (χ1v) is 5.38. The molecular formula is C12H11ClO2. The normalized spacial score (nSPS) is 12.9. The fraction of sp³-hybridized carbons (Fsp3) is 0.333. The Kier molecular flexibility index (Phi) is 3.37. The smallest absolute Gasteiger partial charge is 0.162 e. The number of ether oxygens (including phenoxy) is 2. The molecule has 0 bridgehead atoms. The SMILES string of the molecule is ClCCC#Cc1ccc2c(c1)OCCO2. The minimum absolute atomic E-state index is 0.567. The van der Waals surface area contributed by atoms with E-state index in [2.05, 4.69) is 11.8 Å². The summed E-state index contributed by atoms with van der Waals surface area (Å²) in [5.41, 5.74) is 0.935. The van der Waals surface area contributed by atoms with Gasteiger partial charge in [-0.15, -0.1) is 11.6 Å². The van der Waals surface area contributed by atoms with Crippen LogP contribution in [-0.2, 0) is 0 Å². The summed E-state index contributed by atoms with van der Waals surface area (Å²) < 4.78 is 10.9. The molecule has 0 aromatic heterocycles. The maximum atomic E-state index is 5.54. The van der Waals surface area contributed by atoms with Crippen LogP contribution < -0.4 is 9.47 Å². The highest BCUT2D eigenvalue weighted by atomic mass is 35.5. The lowest BCUT2D eigenvalue weighted by atomic mass is 10.2. The summed E-state index contributed by atoms with van der Waals surface area (Å²) in [5, 5.41) is 0. The average Bonchev–Trinajstić information content (AvgIpc) is 2.29. The van der Waals surface area contributed by atoms with E-state index in [1.54, 1.807) is 0 Å². The summed E-state index contributed by atoms with van der Waals surface area (Å²) in [4.78, 5) is 0. The largest absolute Gasteiger partial charge is 0.486 e. The van der Waals surface area contributed by atoms with Crippen LogP contribution in [0.5, 0.6) is 11.5 Å². The topological polar surface area (TPSA) is 18.5 Å². The van der Waals surface area contributed by atoms with Crippen LogP contribution in [0.1, 0.15) is 12.0 Å². The first-order chi connectivity index (χ1) is 7.40. The summed E-state index contributed by atoms with van der Waals surface area (Å²) in [6.07, 6.45) is 0.704. The zero-order chi connectivity index (χ0) is 10.5. The Bertz CT molecular complexity index is 404. The molecule has 15 heavy (non-hydrogen) atoms. The van der Waals surface area contributed by atoms with Crippen molar-refractivity contribution in [3.63, 3.8) is 0 Å². The van der Waals surface area contributed by atoms with Crippen molar-refractivity contribution in [3.8, 4) is 23.3 Å². The van der Waals surface area contributed by atoms with Gasteiger partial charge >= 0.3 is 0 Å². The molecule has 2 rings (SSSR count). The molecule has 0 atom stereocenters. The Morgan fingerprint density at radius 3 is 2.80 bits per heavy atom. The van der Waals surface area contributed by atoms with E-state index in [4.69, 9.17) is 21.1 Å². The van der Waals surface area contributed by atoms with Crippen molar-refractivity contribution in [1.29, 1.82) is 0 Å². The molecule has 0 saturated heterocycles. The van der Waals surface area contributed by atoms with Gasteiger partial charge in [0.05, 0.1) is 0 Å². The third-order valence-electron chi connectivity index (χ3n) is 1.99. The summed E-state index contributed by atoms with van der Waals surface area (Å²) >= 11 is 5.54. The van der Waals surface area contributed by atoms with E-state index >= 15 is 0 Å². The van der Waals surface area contributed by atoms with Gasteiger partial charge in [-0.25, -0.2) is 0 Å². The van der Waals surface area contributed by atoms with Gasteiger partial charge in [-0.2, -0.15) is 0 Å². The number of hydrogen-bond donors (Lipinski definition) is 0. The number of fused-ring (bicyclic) bond motifs is 1. The van der Waals surface area contributed by atoms with E-state index in [-0.39, 0.29) is 0 Å². The van der Waals surface area contributed by atoms with E-state index in [0.717, 1.165) is 17.1 Å². The van der Waals surface area contributed by atoms with Crippen LogP contribution in [0.2, 0.25) is 0 Å². The van der Waals surface area contributed by atoms with Crippen molar-refractivity contribution in [2.45, 2.75) is 6.42 Å². The van der Waals surface area contributed by atoms with Gasteiger partial charge in [0.1, 0.15) is 13.2 Å². The Morgan fingerprint density at radius 2 is 2.00 bits per heavy atom. The highest BCUT2D eigenvalue weighted by Gasteiger charge is 2.10. The van der Waals surface area contributed by atoms with Crippen LogP contribution in [0.15, 0.2) is 18.2 Å². The predicted octanol–water partition coefficient (Wildman–Crippen LogP) is 2.44. The lowest BCUT2D eigenvalue weighted by Crippen LogP contribution is -2.15. The third kappa shape index (κ3) is 2.57. The zero-order valence-electron chi connectivity index (χ0n) is 8.25. The van der Waals surface area contributed by atoms with Crippen LogP contribution in [-0.4, -0.2) is 19.1 Å². The van der Waals surface area contributed by atoms with Crippen LogP contribution >= 0.6 is 11.6 Å². The quantitative estimate of drug-likeness (QED) is 0.537. The van der Waals surface area contributed by atoms with Crippen molar-refractivity contribution in [2.24, 2.45) is 0 Å². The number of alkyl halides is 1. The second-order valence-corrected chi connectivity index (χ2v) is 3.48. The summed E-state index contributed by atoms with van der Waals surface area (Å²) in [6, 6.07) is 5.71. The molecule has 0 spiro atoms. The molecule has 3 heteroatoms. The van der Waals surface area contributed by atoms with Gasteiger partial charge in [-0.3, -0.25) is 0 Å². The number of benzene rings is 1. The van der Waals surface area contributed by atoms with Crippen molar-refractivity contribution < 1.29 is 9.47 Å². The molecule has 0 N–H and O–H groups in total. The van der Waals surface area contributed by atoms with E-state index in [1.807, 2.05) is 18.2 Å². The molecule has 1 aromatic rings. The zero-order valence-corrected chi connectivity index (χ0v) is 9.01. The minimum atomic E-state index is 0.567. The average molecular weight is 223 g/mol. The van der Waals surface area contributed by atoms with Crippen molar-refractivity contribution in [1.82, 2.24) is 0 Å². The fourth-order valence-corrected chi connectivity index (χ4v) is 1.43. The molecule has 0 unspecified atom stereocenters. The summed E-state index contributed by atoms with van der Waals surface area (Å²) in [5.74, 6) is 8.14. The molecule has 2 nitrogen and oxygen atoms in total. The van der Waals surface area contributed by atoms with Gasteiger partial charge in [0.15, 0.2) is 11.5 Å². The third-order valence-corrected chi connectivity index (χ3v) is 2.18. The molecule has 0 radical (unpaired) electrons. The highest BCUT2D eigenvalue weighted by molar-refractivity contribution is 6.18. The molecule has 78 valence electrons. The maximum Gasteiger partial charge on any atom is 0.162 e. The van der Waals surface area contributed by atoms with E-state index in [0.29, 0.717) is 25.5 Å². The summed E-state index contributed by atoms with van der Waals surface area (Å²) in [6.45, 7) is 1.22. The van der Waals surface area contributed by atoms with Gasteiger partial charge in [-0.05, 0) is 18.2 Å². The van der Waals surface area contributed by atoms with E-state index in [1.165, 1.54) is 0 Å². The molecule has 1 aromatic carbocycles. The van der Waals surface area contributed by atoms with E-state index < -0.39 is 0 Å². The van der Waals surface area contributed by atoms with Crippen molar-refractivity contribution in [2.75, 3.05) is 19.1 Å². The van der Waals surface area contributed by atoms with Crippen LogP contribution in [0.3, 0.4) is 0 Å². The van der Waals surface area contributed by atoms with Crippen molar-refractivity contribution >= 4 is 11.6 Å². The Balaban J connectivity index is 2.18. The van der Waals surface area contributed by atoms with E-state index in [9.17, 15) is 0 Å². The highest BCUT2D eigenvalue weighted by Crippen LogP contribution is 2.30. The Labute approximate surface area is 94.1 Å². The Morgan fingerprint density at radius 1 is 1.20 bits per heavy atom. The van der Waals surface area contributed by atoms with Crippen molar-refractivity contribution in [3.05, 3.63) is 23.8 Å². The molecule has 0 aliphatic carbocycles. The standard InChI is InChI=1S/C12H11ClO2/c13-6-2-1-3-10-4-5-11-12(9-10)15-8-7-14-11/h4-5,9H,2,6-8H2. The lowest BCUT2D eigenvalue weighted by molar-refractivity contribution is 0.171. The molecule has 0 saturated carbocycles. The van der Waals surface area contributed by atoms with Gasteiger partial charge in [0, 0.05) is 17.9 Å². The first-order valence-electron chi connectivity index (χ1n) is 4.84. The second-order valence-electron chi connectivity index (χ2n) is 3.10. The molecule has 1 heterocycles. The predicted molar refractivity (Wildman–Crippen MR) is 59.6 cm³/mol. The van der Waals surface area contributed by atoms with Gasteiger partial charge in [-0.1, -0.05) is 11.8 Å². The first kappa shape index (κ1) is 10.2. The van der Waals surface area contributed by atoms with Gasteiger partial charge in [0.2, 0.25) is 0 Å². The number of hydrogen-bond acceptors (Lipinski definition) is 2. The molecule has 1 aliphatic rings. The number of rotatable bonds is 1. The van der Waals surface area contributed by atoms with Gasteiger partial charge < -0.3 is 9.47 Å². The second kappa shape index (κ2) is 4.95. The molecule has 0 amide bonds. The molecule has 0 fully saturated rings. The lowest BCUT2D eigenvalue weighted by Gasteiger charge is -2.17. The van der Waals surface area contributed by atoms with Gasteiger partial charge in [0.25, 0.3) is 0 Å².